The van der Waals surface area contributed by atoms with Gasteiger partial charge in [-0.2, -0.15) is 0 Å². The number of hydrogen-bond acceptors (Lipinski definition) is 5. The summed E-state index contributed by atoms with van der Waals surface area (Å²) >= 11 is 0. The van der Waals surface area contributed by atoms with E-state index in [1.54, 1.807) is 0 Å². The molecule has 33 heavy (non-hydrogen) atoms. The molecule has 0 spiro atoms. The fourth-order valence-corrected chi connectivity index (χ4v) is 3.15. The van der Waals surface area contributed by atoms with E-state index in [0.29, 0.717) is 6.42 Å². The zero-order chi connectivity index (χ0) is 24.2. The second-order valence-corrected chi connectivity index (χ2v) is 8.39. The molecule has 178 valence electrons. The van der Waals surface area contributed by atoms with Crippen LogP contribution in [0.25, 0.3) is 0 Å². The summed E-state index contributed by atoms with van der Waals surface area (Å²) in [5, 5.41) is 5.42. The third-order valence-corrected chi connectivity index (χ3v) is 5.42. The molecule has 0 radical (unpaired) electrons. The number of amides is 2. The van der Waals surface area contributed by atoms with E-state index in [1.807, 2.05) is 88.4 Å². The molecule has 2 N–H and O–H groups in total. The first-order valence-electron chi connectivity index (χ1n) is 11.3. The third kappa shape index (κ3) is 8.60. The van der Waals surface area contributed by atoms with Gasteiger partial charge in [-0.05, 0) is 23.0 Å². The highest BCUT2D eigenvalue weighted by molar-refractivity contribution is 5.90. The molecule has 2 aromatic rings. The van der Waals surface area contributed by atoms with Crippen LogP contribution in [-0.4, -0.2) is 30.1 Å². The van der Waals surface area contributed by atoms with Gasteiger partial charge in [0.25, 0.3) is 0 Å². The Balaban J connectivity index is 1.98. The lowest BCUT2D eigenvalue weighted by atomic mass is 9.97. The third-order valence-electron chi connectivity index (χ3n) is 5.42. The first kappa shape index (κ1) is 25.9. The van der Waals surface area contributed by atoms with Crippen LogP contribution in [0.15, 0.2) is 60.7 Å². The van der Waals surface area contributed by atoms with Gasteiger partial charge in [0, 0.05) is 0 Å². The minimum atomic E-state index is -0.846. The minimum Gasteiger partial charge on any atom is -0.459 e. The number of ether oxygens (including phenoxy) is 2. The topological polar surface area (TPSA) is 93.7 Å². The molecule has 2 amide bonds. The van der Waals surface area contributed by atoms with Gasteiger partial charge in [-0.1, -0.05) is 94.8 Å². The summed E-state index contributed by atoms with van der Waals surface area (Å²) in [6.45, 7) is 7.67. The SMILES string of the molecule is CC[C@@H](C)[C@@H](NC(=O)OCc1ccccc1)C(=O)N[C@H](C(=O)OCc1ccccc1)C(C)C. The van der Waals surface area contributed by atoms with Crippen LogP contribution < -0.4 is 10.6 Å². The van der Waals surface area contributed by atoms with Crippen molar-refractivity contribution in [2.75, 3.05) is 0 Å². The number of benzene rings is 2. The van der Waals surface area contributed by atoms with E-state index < -0.39 is 30.1 Å². The molecule has 0 aliphatic heterocycles. The van der Waals surface area contributed by atoms with Gasteiger partial charge in [-0.3, -0.25) is 4.79 Å². The van der Waals surface area contributed by atoms with E-state index in [2.05, 4.69) is 10.6 Å². The van der Waals surface area contributed by atoms with Gasteiger partial charge in [0.2, 0.25) is 5.91 Å². The number of nitrogens with one attached hydrogen (secondary N) is 2. The Morgan fingerprint density at radius 1 is 0.758 bits per heavy atom. The molecule has 0 bridgehead atoms. The number of hydrogen-bond donors (Lipinski definition) is 2. The molecule has 0 aliphatic rings. The summed E-state index contributed by atoms with van der Waals surface area (Å²) in [5.41, 5.74) is 1.71. The normalized spacial score (nSPS) is 13.5. The van der Waals surface area contributed by atoms with Crippen LogP contribution in [0.4, 0.5) is 4.79 Å². The van der Waals surface area contributed by atoms with Crippen LogP contribution in [0, 0.1) is 11.8 Å². The summed E-state index contributed by atoms with van der Waals surface area (Å²) in [7, 11) is 0. The van der Waals surface area contributed by atoms with Crippen molar-refractivity contribution < 1.29 is 23.9 Å². The lowest BCUT2D eigenvalue weighted by molar-refractivity contribution is -0.150. The second kappa shape index (κ2) is 13.3. The molecule has 0 aliphatic carbocycles. The van der Waals surface area contributed by atoms with Gasteiger partial charge < -0.3 is 20.1 Å². The van der Waals surface area contributed by atoms with Gasteiger partial charge in [0.05, 0.1) is 0 Å². The Morgan fingerprint density at radius 2 is 1.27 bits per heavy atom. The molecule has 2 aromatic carbocycles. The lowest BCUT2D eigenvalue weighted by Crippen LogP contribution is -2.55. The van der Waals surface area contributed by atoms with Gasteiger partial charge in [0.15, 0.2) is 0 Å². The molecule has 7 heteroatoms. The minimum absolute atomic E-state index is 0.0992. The summed E-state index contributed by atoms with van der Waals surface area (Å²) in [6.07, 6.45) is -0.0333. The molecular formula is C26H34N2O5. The summed E-state index contributed by atoms with van der Waals surface area (Å²) in [5.74, 6) is -1.32. The Hall–Kier alpha value is -3.35. The Kier molecular flexibility index (Phi) is 10.4. The average molecular weight is 455 g/mol. The van der Waals surface area contributed by atoms with Crippen molar-refractivity contribution in [1.82, 2.24) is 10.6 Å². The average Bonchev–Trinajstić information content (AvgIpc) is 2.83. The standard InChI is InChI=1S/C26H34N2O5/c1-5-19(4)23(28-26(31)33-17-21-14-10-7-11-15-21)24(29)27-22(18(2)3)25(30)32-16-20-12-8-6-9-13-20/h6-15,18-19,22-23H,5,16-17H2,1-4H3,(H,27,29)(H,28,31)/t19-,22+,23-/m1/s1. The summed E-state index contributed by atoms with van der Waals surface area (Å²) in [6, 6.07) is 16.9. The van der Waals surface area contributed by atoms with Crippen molar-refractivity contribution in [3.8, 4) is 0 Å². The maximum absolute atomic E-state index is 13.1. The number of rotatable bonds is 11. The lowest BCUT2D eigenvalue weighted by Gasteiger charge is -2.27. The second-order valence-electron chi connectivity index (χ2n) is 8.39. The van der Waals surface area contributed by atoms with Crippen LogP contribution in [0.3, 0.4) is 0 Å². The van der Waals surface area contributed by atoms with E-state index in [1.165, 1.54) is 0 Å². The van der Waals surface area contributed by atoms with E-state index >= 15 is 0 Å². The summed E-state index contributed by atoms with van der Waals surface area (Å²) < 4.78 is 10.7. The molecule has 0 saturated heterocycles. The zero-order valence-electron chi connectivity index (χ0n) is 19.7. The fraction of sp³-hybridized carbons (Fsp3) is 0.423. The number of esters is 1. The first-order chi connectivity index (χ1) is 15.8. The maximum atomic E-state index is 13.1. The van der Waals surface area contributed by atoms with Crippen LogP contribution in [-0.2, 0) is 32.3 Å². The predicted octanol–water partition coefficient (Wildman–Crippen LogP) is 4.21. The molecule has 2 rings (SSSR count). The smallest absolute Gasteiger partial charge is 0.408 e. The monoisotopic (exact) mass is 454 g/mol. The van der Waals surface area contributed by atoms with Gasteiger partial charge >= 0.3 is 12.1 Å². The van der Waals surface area contributed by atoms with Crippen molar-refractivity contribution in [2.45, 2.75) is 59.4 Å². The molecular weight excluding hydrogens is 420 g/mol. The quantitative estimate of drug-likeness (QED) is 0.496. The van der Waals surface area contributed by atoms with Crippen LogP contribution in [0.5, 0.6) is 0 Å². The highest BCUT2D eigenvalue weighted by atomic mass is 16.5. The molecule has 0 saturated carbocycles. The molecule has 0 unspecified atom stereocenters. The van der Waals surface area contributed by atoms with E-state index in [9.17, 15) is 14.4 Å². The molecule has 0 heterocycles. The van der Waals surface area contributed by atoms with Crippen molar-refractivity contribution in [3.05, 3.63) is 71.8 Å². The molecule has 0 fully saturated rings. The molecule has 3 atom stereocenters. The van der Waals surface area contributed by atoms with Crippen molar-refractivity contribution in [3.63, 3.8) is 0 Å². The Labute approximate surface area is 195 Å². The Morgan fingerprint density at radius 3 is 1.76 bits per heavy atom. The van der Waals surface area contributed by atoms with Crippen LogP contribution >= 0.6 is 0 Å². The maximum Gasteiger partial charge on any atom is 0.408 e. The number of alkyl carbamates (subject to hydrolysis) is 1. The van der Waals surface area contributed by atoms with Crippen molar-refractivity contribution >= 4 is 18.0 Å². The predicted molar refractivity (Wildman–Crippen MR) is 126 cm³/mol. The van der Waals surface area contributed by atoms with Gasteiger partial charge in [0.1, 0.15) is 25.3 Å². The largest absolute Gasteiger partial charge is 0.459 e. The summed E-state index contributed by atoms with van der Waals surface area (Å²) in [4.78, 5) is 38.1. The highest BCUT2D eigenvalue weighted by Crippen LogP contribution is 2.12. The first-order valence-corrected chi connectivity index (χ1v) is 11.3. The highest BCUT2D eigenvalue weighted by Gasteiger charge is 2.32. The number of carbonyl (C=O) groups is 3. The number of carbonyl (C=O) groups excluding carboxylic acids is 3. The van der Waals surface area contributed by atoms with Crippen molar-refractivity contribution in [2.24, 2.45) is 11.8 Å². The zero-order valence-corrected chi connectivity index (χ0v) is 19.7. The van der Waals surface area contributed by atoms with Gasteiger partial charge in [-0.25, -0.2) is 9.59 Å². The van der Waals surface area contributed by atoms with Crippen LogP contribution in [0.1, 0.15) is 45.2 Å². The Bertz CT molecular complexity index is 886. The van der Waals surface area contributed by atoms with E-state index in [0.717, 1.165) is 11.1 Å². The molecule has 7 nitrogen and oxygen atoms in total. The van der Waals surface area contributed by atoms with Crippen LogP contribution in [0.2, 0.25) is 0 Å². The van der Waals surface area contributed by atoms with Crippen molar-refractivity contribution in [1.29, 1.82) is 0 Å². The fourth-order valence-electron chi connectivity index (χ4n) is 3.15. The van der Waals surface area contributed by atoms with E-state index in [-0.39, 0.29) is 25.0 Å². The van der Waals surface area contributed by atoms with Gasteiger partial charge in [-0.15, -0.1) is 0 Å². The molecule has 0 aromatic heterocycles. The van der Waals surface area contributed by atoms with E-state index in [4.69, 9.17) is 9.47 Å².